The summed E-state index contributed by atoms with van der Waals surface area (Å²) in [5.41, 5.74) is 0. The lowest BCUT2D eigenvalue weighted by atomic mass is 10.2. The van der Waals surface area contributed by atoms with Gasteiger partial charge in [0.15, 0.2) is 0 Å². The molecule has 3 atom stereocenters. The number of ether oxygens (including phenoxy) is 2. The highest BCUT2D eigenvalue weighted by molar-refractivity contribution is 4.90. The summed E-state index contributed by atoms with van der Waals surface area (Å²) in [4.78, 5) is 0. The molecule has 76 valence electrons. The lowest BCUT2D eigenvalue weighted by Gasteiger charge is -2.06. The minimum absolute atomic E-state index is 0.142. The number of hydrogen-bond donors (Lipinski definition) is 2. The summed E-state index contributed by atoms with van der Waals surface area (Å²) in [6.45, 7) is 3.99. The molecule has 0 saturated carbocycles. The fourth-order valence-electron chi connectivity index (χ4n) is 1.07. The molecule has 0 radical (unpaired) electrons. The van der Waals surface area contributed by atoms with Gasteiger partial charge in [0, 0.05) is 0 Å². The maximum absolute atomic E-state index is 8.93. The standard InChI is InChI=1S/C9H16O4/c1-2-3-8-9(13-8)6-12-5-7(11)4-10/h2,7-11H,1,3-6H2. The van der Waals surface area contributed by atoms with Crippen molar-refractivity contribution in [2.24, 2.45) is 0 Å². The Labute approximate surface area is 77.8 Å². The predicted molar refractivity (Wildman–Crippen MR) is 47.4 cm³/mol. The van der Waals surface area contributed by atoms with Gasteiger partial charge in [-0.25, -0.2) is 0 Å². The van der Waals surface area contributed by atoms with Crippen molar-refractivity contribution >= 4 is 0 Å². The molecular weight excluding hydrogens is 172 g/mol. The normalized spacial score (nSPS) is 28.5. The lowest BCUT2D eigenvalue weighted by molar-refractivity contribution is 0.00214. The molecule has 0 spiro atoms. The molecule has 4 nitrogen and oxygen atoms in total. The Balaban J connectivity index is 1.93. The first-order valence-corrected chi connectivity index (χ1v) is 4.41. The quantitative estimate of drug-likeness (QED) is 0.425. The first-order valence-electron chi connectivity index (χ1n) is 4.41. The molecule has 1 fully saturated rings. The second-order valence-corrected chi connectivity index (χ2v) is 3.11. The van der Waals surface area contributed by atoms with E-state index < -0.39 is 6.10 Å². The molecule has 1 rings (SSSR count). The van der Waals surface area contributed by atoms with Crippen LogP contribution < -0.4 is 0 Å². The third kappa shape index (κ3) is 3.87. The molecule has 1 aliphatic rings. The molecule has 0 aromatic carbocycles. The topological polar surface area (TPSA) is 62.2 Å². The van der Waals surface area contributed by atoms with Crippen LogP contribution in [0.15, 0.2) is 12.7 Å². The Morgan fingerprint density at radius 2 is 2.31 bits per heavy atom. The van der Waals surface area contributed by atoms with Gasteiger partial charge in [-0.05, 0) is 6.42 Å². The van der Waals surface area contributed by atoms with E-state index in [0.29, 0.717) is 6.61 Å². The third-order valence-corrected chi connectivity index (χ3v) is 1.89. The number of epoxide rings is 1. The Morgan fingerprint density at radius 1 is 1.54 bits per heavy atom. The summed E-state index contributed by atoms with van der Waals surface area (Å²) in [7, 11) is 0. The van der Waals surface area contributed by atoms with Crippen molar-refractivity contribution in [2.45, 2.75) is 24.7 Å². The second kappa shape index (κ2) is 5.34. The van der Waals surface area contributed by atoms with Crippen LogP contribution in [0.5, 0.6) is 0 Å². The van der Waals surface area contributed by atoms with Gasteiger partial charge in [-0.15, -0.1) is 6.58 Å². The molecule has 1 heterocycles. The SMILES string of the molecule is C=CCC1OC1COCC(O)CO. The minimum atomic E-state index is -0.781. The van der Waals surface area contributed by atoms with E-state index >= 15 is 0 Å². The summed E-state index contributed by atoms with van der Waals surface area (Å²) in [6, 6.07) is 0. The highest BCUT2D eigenvalue weighted by Crippen LogP contribution is 2.25. The summed E-state index contributed by atoms with van der Waals surface area (Å²) < 4.78 is 10.3. The van der Waals surface area contributed by atoms with Gasteiger partial charge in [0.2, 0.25) is 0 Å². The van der Waals surface area contributed by atoms with E-state index in [9.17, 15) is 0 Å². The highest BCUT2D eigenvalue weighted by atomic mass is 16.6. The van der Waals surface area contributed by atoms with Gasteiger partial charge in [0.25, 0.3) is 0 Å². The van der Waals surface area contributed by atoms with Gasteiger partial charge in [-0.3, -0.25) is 0 Å². The third-order valence-electron chi connectivity index (χ3n) is 1.89. The van der Waals surface area contributed by atoms with Crippen molar-refractivity contribution in [1.29, 1.82) is 0 Å². The van der Waals surface area contributed by atoms with E-state index in [-0.39, 0.29) is 25.4 Å². The monoisotopic (exact) mass is 188 g/mol. The van der Waals surface area contributed by atoms with Crippen LogP contribution in [0, 0.1) is 0 Å². The fraction of sp³-hybridized carbons (Fsp3) is 0.778. The molecule has 13 heavy (non-hydrogen) atoms. The maximum Gasteiger partial charge on any atom is 0.108 e. The van der Waals surface area contributed by atoms with Gasteiger partial charge in [-0.2, -0.15) is 0 Å². The summed E-state index contributed by atoms with van der Waals surface area (Å²) >= 11 is 0. The summed E-state index contributed by atoms with van der Waals surface area (Å²) in [5, 5.41) is 17.4. The molecule has 0 amide bonds. The summed E-state index contributed by atoms with van der Waals surface area (Å²) in [6.07, 6.45) is 2.26. The van der Waals surface area contributed by atoms with Gasteiger partial charge < -0.3 is 19.7 Å². The van der Waals surface area contributed by atoms with Crippen molar-refractivity contribution < 1.29 is 19.7 Å². The number of aliphatic hydroxyl groups is 2. The largest absolute Gasteiger partial charge is 0.394 e. The second-order valence-electron chi connectivity index (χ2n) is 3.11. The van der Waals surface area contributed by atoms with E-state index in [1.807, 2.05) is 6.08 Å². The van der Waals surface area contributed by atoms with Crippen LogP contribution in [0.1, 0.15) is 6.42 Å². The van der Waals surface area contributed by atoms with E-state index in [2.05, 4.69) is 6.58 Å². The Hall–Kier alpha value is -0.420. The molecule has 3 unspecified atom stereocenters. The molecule has 0 aromatic heterocycles. The van der Waals surface area contributed by atoms with Crippen LogP contribution >= 0.6 is 0 Å². The van der Waals surface area contributed by atoms with Crippen molar-refractivity contribution in [3.8, 4) is 0 Å². The van der Waals surface area contributed by atoms with Crippen molar-refractivity contribution in [1.82, 2.24) is 0 Å². The minimum Gasteiger partial charge on any atom is -0.394 e. The zero-order chi connectivity index (χ0) is 9.68. The average Bonchev–Trinajstić information content (AvgIpc) is 2.84. The molecular formula is C9H16O4. The first kappa shape index (κ1) is 10.7. The summed E-state index contributed by atoms with van der Waals surface area (Å²) in [5.74, 6) is 0. The van der Waals surface area contributed by atoms with Crippen LogP contribution in [-0.4, -0.2) is 48.3 Å². The van der Waals surface area contributed by atoms with Gasteiger partial charge in [-0.1, -0.05) is 6.08 Å². The van der Waals surface area contributed by atoms with Crippen LogP contribution in [0.3, 0.4) is 0 Å². The van der Waals surface area contributed by atoms with E-state index in [1.165, 1.54) is 0 Å². The molecule has 0 bridgehead atoms. The zero-order valence-electron chi connectivity index (χ0n) is 7.56. The zero-order valence-corrected chi connectivity index (χ0v) is 7.56. The molecule has 0 aromatic rings. The van der Waals surface area contributed by atoms with Crippen LogP contribution in [0.4, 0.5) is 0 Å². The highest BCUT2D eigenvalue weighted by Gasteiger charge is 2.37. The maximum atomic E-state index is 8.93. The molecule has 0 aliphatic carbocycles. The predicted octanol–water partition coefficient (Wildman–Crippen LogP) is -0.300. The Morgan fingerprint density at radius 3 is 2.92 bits per heavy atom. The van der Waals surface area contributed by atoms with E-state index in [0.717, 1.165) is 6.42 Å². The van der Waals surface area contributed by atoms with Gasteiger partial charge in [0.05, 0.1) is 25.9 Å². The van der Waals surface area contributed by atoms with Crippen molar-refractivity contribution in [3.63, 3.8) is 0 Å². The Bertz CT molecular complexity index is 160. The van der Waals surface area contributed by atoms with Gasteiger partial charge >= 0.3 is 0 Å². The lowest BCUT2D eigenvalue weighted by Crippen LogP contribution is -2.21. The molecule has 4 heteroatoms. The van der Waals surface area contributed by atoms with Crippen LogP contribution in [0.2, 0.25) is 0 Å². The van der Waals surface area contributed by atoms with Gasteiger partial charge in [0.1, 0.15) is 12.2 Å². The number of hydrogen-bond acceptors (Lipinski definition) is 4. The molecule has 1 saturated heterocycles. The van der Waals surface area contributed by atoms with Crippen molar-refractivity contribution in [3.05, 3.63) is 12.7 Å². The van der Waals surface area contributed by atoms with E-state index in [4.69, 9.17) is 19.7 Å². The molecule has 2 N–H and O–H groups in total. The van der Waals surface area contributed by atoms with Crippen molar-refractivity contribution in [2.75, 3.05) is 19.8 Å². The van der Waals surface area contributed by atoms with Crippen LogP contribution in [-0.2, 0) is 9.47 Å². The van der Waals surface area contributed by atoms with Crippen LogP contribution in [0.25, 0.3) is 0 Å². The Kier molecular flexibility index (Phi) is 4.38. The first-order chi connectivity index (χ1) is 6.27. The average molecular weight is 188 g/mol. The fourth-order valence-corrected chi connectivity index (χ4v) is 1.07. The number of aliphatic hydroxyl groups excluding tert-OH is 2. The molecule has 1 aliphatic heterocycles. The smallest absolute Gasteiger partial charge is 0.108 e. The van der Waals surface area contributed by atoms with E-state index in [1.54, 1.807) is 0 Å². The number of rotatable bonds is 7.